The van der Waals surface area contributed by atoms with Crippen LogP contribution in [0.15, 0.2) is 18.2 Å². The van der Waals surface area contributed by atoms with Gasteiger partial charge in [0.1, 0.15) is 0 Å². The zero-order valence-electron chi connectivity index (χ0n) is 12.8. The lowest BCUT2D eigenvalue weighted by molar-refractivity contribution is -0.182. The molecule has 1 aliphatic rings. The Morgan fingerprint density at radius 3 is 2.26 bits per heavy atom. The van der Waals surface area contributed by atoms with E-state index in [1.165, 1.54) is 5.56 Å². The van der Waals surface area contributed by atoms with Gasteiger partial charge < -0.3 is 10.5 Å². The lowest BCUT2D eigenvalue weighted by Gasteiger charge is -2.47. The average molecular weight is 262 g/mol. The van der Waals surface area contributed by atoms with Crippen molar-refractivity contribution in [3.63, 3.8) is 0 Å². The molecule has 0 atom stereocenters. The van der Waals surface area contributed by atoms with E-state index in [2.05, 4.69) is 51.7 Å². The largest absolute Gasteiger partial charge is 0.399 e. The zero-order valence-corrected chi connectivity index (χ0v) is 12.8. The van der Waals surface area contributed by atoms with Gasteiger partial charge in [0, 0.05) is 25.3 Å². The van der Waals surface area contributed by atoms with Gasteiger partial charge >= 0.3 is 0 Å². The molecule has 0 bridgehead atoms. The summed E-state index contributed by atoms with van der Waals surface area (Å²) in [6.45, 7) is 13.6. The summed E-state index contributed by atoms with van der Waals surface area (Å²) in [4.78, 5) is 2.47. The lowest BCUT2D eigenvalue weighted by Crippen LogP contribution is -2.56. The van der Waals surface area contributed by atoms with E-state index in [-0.39, 0.29) is 11.2 Å². The fraction of sp³-hybridized carbons (Fsp3) is 0.625. The highest BCUT2D eigenvalue weighted by Gasteiger charge is 2.37. The Bertz CT molecular complexity index is 450. The summed E-state index contributed by atoms with van der Waals surface area (Å²) in [5.74, 6) is 0. The number of hydrogen-bond acceptors (Lipinski definition) is 3. The minimum atomic E-state index is -0.0927. The molecular formula is C16H26N2O. The number of rotatable bonds is 2. The van der Waals surface area contributed by atoms with Crippen LogP contribution in [-0.4, -0.2) is 29.2 Å². The van der Waals surface area contributed by atoms with Crippen LogP contribution in [0.1, 0.15) is 38.8 Å². The van der Waals surface area contributed by atoms with E-state index >= 15 is 0 Å². The van der Waals surface area contributed by atoms with E-state index in [4.69, 9.17) is 10.5 Å². The summed E-state index contributed by atoms with van der Waals surface area (Å²) >= 11 is 0. The van der Waals surface area contributed by atoms with E-state index in [9.17, 15) is 0 Å². The number of aryl methyl sites for hydroxylation is 1. The van der Waals surface area contributed by atoms with Gasteiger partial charge in [0.15, 0.2) is 0 Å². The fourth-order valence-corrected chi connectivity index (χ4v) is 3.15. The number of nitrogen functional groups attached to an aromatic ring is 1. The molecule has 1 aromatic rings. The summed E-state index contributed by atoms with van der Waals surface area (Å²) in [6.07, 6.45) is 0. The van der Waals surface area contributed by atoms with Gasteiger partial charge in [-0.05, 0) is 51.8 Å². The second-order valence-corrected chi connectivity index (χ2v) is 6.96. The van der Waals surface area contributed by atoms with Crippen LogP contribution in [0.2, 0.25) is 0 Å². The number of morpholine rings is 1. The van der Waals surface area contributed by atoms with Crippen LogP contribution in [0.4, 0.5) is 5.69 Å². The van der Waals surface area contributed by atoms with Gasteiger partial charge in [0.2, 0.25) is 0 Å². The van der Waals surface area contributed by atoms with Crippen molar-refractivity contribution >= 4 is 5.69 Å². The Kier molecular flexibility index (Phi) is 3.63. The predicted molar refractivity (Wildman–Crippen MR) is 80.1 cm³/mol. The van der Waals surface area contributed by atoms with Crippen molar-refractivity contribution in [1.29, 1.82) is 0 Å². The zero-order chi connectivity index (χ0) is 14.3. The molecule has 2 N–H and O–H groups in total. The first-order valence-electron chi connectivity index (χ1n) is 6.94. The molecule has 1 heterocycles. The highest BCUT2D eigenvalue weighted by molar-refractivity contribution is 5.47. The first-order valence-corrected chi connectivity index (χ1v) is 6.94. The quantitative estimate of drug-likeness (QED) is 0.833. The molecule has 1 aliphatic heterocycles. The maximum absolute atomic E-state index is 6.11. The number of anilines is 1. The van der Waals surface area contributed by atoms with Crippen LogP contribution < -0.4 is 5.73 Å². The number of nitrogens with zero attached hydrogens (tertiary/aromatic N) is 1. The number of nitrogens with two attached hydrogens (primary N) is 1. The monoisotopic (exact) mass is 262 g/mol. The molecule has 1 saturated heterocycles. The molecule has 0 saturated carbocycles. The van der Waals surface area contributed by atoms with Crippen molar-refractivity contribution in [2.45, 2.75) is 52.4 Å². The third kappa shape index (κ3) is 3.71. The van der Waals surface area contributed by atoms with Crippen molar-refractivity contribution in [1.82, 2.24) is 4.90 Å². The van der Waals surface area contributed by atoms with Crippen molar-refractivity contribution in [2.24, 2.45) is 0 Å². The molecule has 0 unspecified atom stereocenters. The normalized spacial score (nSPS) is 22.4. The topological polar surface area (TPSA) is 38.5 Å². The Morgan fingerprint density at radius 2 is 1.74 bits per heavy atom. The van der Waals surface area contributed by atoms with E-state index in [1.807, 2.05) is 6.07 Å². The lowest BCUT2D eigenvalue weighted by atomic mass is 9.98. The number of ether oxygens (including phenoxy) is 1. The van der Waals surface area contributed by atoms with Gasteiger partial charge in [0.05, 0.1) is 11.2 Å². The van der Waals surface area contributed by atoms with Gasteiger partial charge in [-0.1, -0.05) is 12.1 Å². The minimum Gasteiger partial charge on any atom is -0.399 e. The maximum atomic E-state index is 6.11. The van der Waals surface area contributed by atoms with Crippen LogP contribution in [0.5, 0.6) is 0 Å². The summed E-state index contributed by atoms with van der Waals surface area (Å²) in [6, 6.07) is 6.31. The van der Waals surface area contributed by atoms with Gasteiger partial charge in [-0.15, -0.1) is 0 Å². The predicted octanol–water partition coefficient (Wildman–Crippen LogP) is 2.97. The first-order chi connectivity index (χ1) is 8.67. The SMILES string of the molecule is Cc1cc(CN2CC(C)(C)OC(C)(C)C2)ccc1N. The van der Waals surface area contributed by atoms with Crippen molar-refractivity contribution in [3.05, 3.63) is 29.3 Å². The molecule has 0 radical (unpaired) electrons. The smallest absolute Gasteiger partial charge is 0.0760 e. The molecule has 0 spiro atoms. The van der Waals surface area contributed by atoms with E-state index in [0.29, 0.717) is 0 Å². The molecule has 2 rings (SSSR count). The number of benzene rings is 1. The van der Waals surface area contributed by atoms with Gasteiger partial charge in [-0.3, -0.25) is 4.90 Å². The van der Waals surface area contributed by atoms with Crippen LogP contribution in [0.25, 0.3) is 0 Å². The molecule has 0 aromatic heterocycles. The summed E-state index contributed by atoms with van der Waals surface area (Å²) in [5.41, 5.74) is 9.03. The van der Waals surface area contributed by atoms with Crippen LogP contribution in [0, 0.1) is 6.92 Å². The molecule has 106 valence electrons. The average Bonchev–Trinajstić information content (AvgIpc) is 2.18. The highest BCUT2D eigenvalue weighted by Crippen LogP contribution is 2.29. The summed E-state index contributed by atoms with van der Waals surface area (Å²) in [5, 5.41) is 0. The third-order valence-corrected chi connectivity index (χ3v) is 3.50. The molecule has 0 amide bonds. The van der Waals surface area contributed by atoms with Crippen LogP contribution in [-0.2, 0) is 11.3 Å². The Hall–Kier alpha value is -1.06. The molecule has 0 aliphatic carbocycles. The van der Waals surface area contributed by atoms with Crippen molar-refractivity contribution < 1.29 is 4.74 Å². The molecule has 19 heavy (non-hydrogen) atoms. The summed E-state index contributed by atoms with van der Waals surface area (Å²) in [7, 11) is 0. The molecular weight excluding hydrogens is 236 g/mol. The van der Waals surface area contributed by atoms with Crippen LogP contribution in [0.3, 0.4) is 0 Å². The second kappa shape index (κ2) is 4.80. The van der Waals surface area contributed by atoms with E-state index in [1.54, 1.807) is 0 Å². The maximum Gasteiger partial charge on any atom is 0.0760 e. The Morgan fingerprint density at radius 1 is 1.16 bits per heavy atom. The summed E-state index contributed by atoms with van der Waals surface area (Å²) < 4.78 is 6.11. The van der Waals surface area contributed by atoms with Gasteiger partial charge in [-0.25, -0.2) is 0 Å². The van der Waals surface area contributed by atoms with Crippen molar-refractivity contribution in [3.8, 4) is 0 Å². The Labute approximate surface area is 116 Å². The first kappa shape index (κ1) is 14.4. The molecule has 1 fully saturated rings. The van der Waals surface area contributed by atoms with Crippen LogP contribution >= 0.6 is 0 Å². The molecule has 3 nitrogen and oxygen atoms in total. The molecule has 3 heteroatoms. The molecule has 1 aromatic carbocycles. The standard InChI is InChI=1S/C16H26N2O/c1-12-8-13(6-7-14(12)17)9-18-10-15(2,3)19-16(4,5)11-18/h6-8H,9-11,17H2,1-5H3. The van der Waals surface area contributed by atoms with Crippen molar-refractivity contribution in [2.75, 3.05) is 18.8 Å². The minimum absolute atomic E-state index is 0.0927. The van der Waals surface area contributed by atoms with Gasteiger partial charge in [-0.2, -0.15) is 0 Å². The third-order valence-electron chi connectivity index (χ3n) is 3.50. The Balaban J connectivity index is 2.11. The fourth-order valence-electron chi connectivity index (χ4n) is 3.15. The van der Waals surface area contributed by atoms with Gasteiger partial charge in [0.25, 0.3) is 0 Å². The van der Waals surface area contributed by atoms with E-state index in [0.717, 1.165) is 30.9 Å². The second-order valence-electron chi connectivity index (χ2n) is 6.96. The number of hydrogen-bond donors (Lipinski definition) is 1. The van der Waals surface area contributed by atoms with E-state index < -0.39 is 0 Å². The highest BCUT2D eigenvalue weighted by atomic mass is 16.5.